The van der Waals surface area contributed by atoms with Crippen molar-refractivity contribution in [3.63, 3.8) is 0 Å². The Morgan fingerprint density at radius 3 is 2.66 bits per heavy atom. The zero-order valence-corrected chi connectivity index (χ0v) is 16.3. The predicted octanol–water partition coefficient (Wildman–Crippen LogP) is 4.93. The minimum atomic E-state index is -0.537. The van der Waals surface area contributed by atoms with Crippen LogP contribution in [-0.2, 0) is 4.79 Å². The van der Waals surface area contributed by atoms with E-state index < -0.39 is 16.6 Å². The van der Waals surface area contributed by atoms with Crippen LogP contribution in [0.25, 0.3) is 11.8 Å². The highest BCUT2D eigenvalue weighted by Gasteiger charge is 2.34. The molecule has 6 nitrogen and oxygen atoms in total. The first kappa shape index (κ1) is 19.0. The summed E-state index contributed by atoms with van der Waals surface area (Å²) in [5.41, 5.74) is 1.29. The molecule has 0 saturated carbocycles. The molecule has 1 aromatic heterocycles. The van der Waals surface area contributed by atoms with Crippen LogP contribution in [0.3, 0.4) is 0 Å². The van der Waals surface area contributed by atoms with Gasteiger partial charge < -0.3 is 4.57 Å². The van der Waals surface area contributed by atoms with Gasteiger partial charge in [-0.1, -0.05) is 42.2 Å². The summed E-state index contributed by atoms with van der Waals surface area (Å²) >= 11 is 6.36. The summed E-state index contributed by atoms with van der Waals surface area (Å²) in [6.07, 6.45) is 3.38. The third kappa shape index (κ3) is 3.57. The first-order valence-electron chi connectivity index (χ1n) is 8.40. The van der Waals surface area contributed by atoms with Gasteiger partial charge in [-0.25, -0.2) is 4.39 Å². The number of hydrogen-bond acceptors (Lipinski definition) is 5. The molecule has 0 radical (unpaired) electrons. The monoisotopic (exact) mass is 425 g/mol. The van der Waals surface area contributed by atoms with Gasteiger partial charge in [0.05, 0.1) is 21.2 Å². The maximum absolute atomic E-state index is 14.1. The average Bonchev–Trinajstić information content (AvgIpc) is 3.27. The number of carbonyl (C=O) groups excluding carboxylic acids is 1. The number of nitrogens with zero attached hydrogens (tertiary/aromatic N) is 3. The lowest BCUT2D eigenvalue weighted by Gasteiger charge is -2.14. The van der Waals surface area contributed by atoms with Gasteiger partial charge in [0.1, 0.15) is 5.82 Å². The molecule has 2 aromatic carbocycles. The first-order valence-corrected chi connectivity index (χ1v) is 9.63. The number of non-ortho nitro benzene ring substituents is 1. The van der Waals surface area contributed by atoms with Gasteiger partial charge in [-0.2, -0.15) is 0 Å². The summed E-state index contributed by atoms with van der Waals surface area (Å²) in [6.45, 7) is 0. The fourth-order valence-corrected chi connectivity index (χ4v) is 4.22. The minimum Gasteiger partial charge on any atom is -0.317 e. The number of thioether (sulfide) groups is 1. The van der Waals surface area contributed by atoms with Gasteiger partial charge in [-0.05, 0) is 36.4 Å². The number of benzene rings is 2. The Hall–Kier alpha value is -3.30. The van der Waals surface area contributed by atoms with Crippen LogP contribution in [0.1, 0.15) is 5.69 Å². The van der Waals surface area contributed by atoms with E-state index >= 15 is 0 Å². The van der Waals surface area contributed by atoms with Gasteiger partial charge in [0, 0.05) is 24.0 Å². The van der Waals surface area contributed by atoms with Crippen molar-refractivity contribution in [2.75, 3.05) is 4.90 Å². The number of thiocarbonyl (C=S) groups is 1. The number of nitro benzene ring substituents is 1. The summed E-state index contributed by atoms with van der Waals surface area (Å²) in [6, 6.07) is 15.7. The smallest absolute Gasteiger partial charge is 0.271 e. The number of amides is 1. The van der Waals surface area contributed by atoms with E-state index in [0.717, 1.165) is 11.8 Å². The van der Waals surface area contributed by atoms with Crippen LogP contribution in [-0.4, -0.2) is 19.7 Å². The quantitative estimate of drug-likeness (QED) is 0.257. The lowest BCUT2D eigenvalue weighted by Crippen LogP contribution is -2.28. The highest BCUT2D eigenvalue weighted by Crippen LogP contribution is 2.37. The van der Waals surface area contributed by atoms with Crippen molar-refractivity contribution in [1.82, 2.24) is 4.57 Å². The van der Waals surface area contributed by atoms with E-state index in [0.29, 0.717) is 16.3 Å². The second-order valence-electron chi connectivity index (χ2n) is 6.05. The number of rotatable bonds is 4. The maximum atomic E-state index is 14.1. The molecule has 0 aliphatic carbocycles. The van der Waals surface area contributed by atoms with Crippen LogP contribution < -0.4 is 4.90 Å². The van der Waals surface area contributed by atoms with E-state index in [1.54, 1.807) is 47.2 Å². The molecule has 1 fully saturated rings. The topological polar surface area (TPSA) is 68.4 Å². The Labute approximate surface area is 174 Å². The summed E-state index contributed by atoms with van der Waals surface area (Å²) in [7, 11) is 0. The van der Waals surface area contributed by atoms with Crippen LogP contribution in [0.4, 0.5) is 15.8 Å². The fourth-order valence-electron chi connectivity index (χ4n) is 2.95. The summed E-state index contributed by atoms with van der Waals surface area (Å²) < 4.78 is 16.1. The van der Waals surface area contributed by atoms with Crippen LogP contribution in [0, 0.1) is 15.9 Å². The van der Waals surface area contributed by atoms with Crippen molar-refractivity contribution in [3.05, 3.63) is 93.4 Å². The number of halogens is 1. The second kappa shape index (κ2) is 7.61. The number of carbonyl (C=O) groups is 1. The molecular weight excluding hydrogens is 413 g/mol. The SMILES string of the molecule is O=C1/C(=C\c2cccn2-c2cccc([N+](=O)[O-])c2)SC(=S)N1c1ccccc1F. The van der Waals surface area contributed by atoms with Gasteiger partial charge in [-0.3, -0.25) is 19.8 Å². The lowest BCUT2D eigenvalue weighted by atomic mass is 10.2. The molecule has 144 valence electrons. The molecule has 0 unspecified atom stereocenters. The van der Waals surface area contributed by atoms with E-state index in [1.165, 1.54) is 35.2 Å². The molecule has 0 spiro atoms. The van der Waals surface area contributed by atoms with Crippen LogP contribution >= 0.6 is 24.0 Å². The Morgan fingerprint density at radius 1 is 1.10 bits per heavy atom. The van der Waals surface area contributed by atoms with Crippen molar-refractivity contribution in [3.8, 4) is 5.69 Å². The molecule has 0 N–H and O–H groups in total. The summed E-state index contributed by atoms with van der Waals surface area (Å²) in [5.74, 6) is -0.957. The van der Waals surface area contributed by atoms with Crippen LogP contribution in [0.15, 0.2) is 71.8 Å². The number of nitro groups is 1. The normalized spacial score (nSPS) is 15.3. The molecule has 1 saturated heterocycles. The third-order valence-corrected chi connectivity index (χ3v) is 5.57. The molecule has 2 heterocycles. The van der Waals surface area contributed by atoms with E-state index in [4.69, 9.17) is 12.2 Å². The Kier molecular flexibility index (Phi) is 4.99. The summed E-state index contributed by atoms with van der Waals surface area (Å²) in [4.78, 5) is 25.0. The molecule has 1 amide bonds. The summed E-state index contributed by atoms with van der Waals surface area (Å²) in [5, 5.41) is 11.0. The molecule has 1 aliphatic rings. The lowest BCUT2D eigenvalue weighted by molar-refractivity contribution is -0.384. The molecule has 29 heavy (non-hydrogen) atoms. The van der Waals surface area contributed by atoms with Crippen molar-refractivity contribution in [1.29, 1.82) is 0 Å². The number of hydrogen-bond donors (Lipinski definition) is 0. The zero-order chi connectivity index (χ0) is 20.5. The van der Waals surface area contributed by atoms with Gasteiger partial charge in [0.2, 0.25) is 0 Å². The maximum Gasteiger partial charge on any atom is 0.271 e. The third-order valence-electron chi connectivity index (χ3n) is 4.27. The van der Waals surface area contributed by atoms with Gasteiger partial charge in [0.15, 0.2) is 4.32 Å². The van der Waals surface area contributed by atoms with Crippen LogP contribution in [0.2, 0.25) is 0 Å². The van der Waals surface area contributed by atoms with Crippen molar-refractivity contribution in [2.45, 2.75) is 0 Å². The van der Waals surface area contributed by atoms with E-state index in [1.807, 2.05) is 0 Å². The van der Waals surface area contributed by atoms with Crippen molar-refractivity contribution in [2.24, 2.45) is 0 Å². The van der Waals surface area contributed by atoms with Gasteiger partial charge >= 0.3 is 0 Å². The van der Waals surface area contributed by atoms with Gasteiger partial charge in [-0.15, -0.1) is 0 Å². The number of anilines is 1. The van der Waals surface area contributed by atoms with E-state index in [-0.39, 0.29) is 15.7 Å². The minimum absolute atomic E-state index is 0.0342. The standard InChI is InChI=1S/C20H12FN3O3S2/c21-16-8-1-2-9-17(16)23-19(25)18(29-20(23)28)12-14-7-4-10-22(14)13-5-3-6-15(11-13)24(26)27/h1-12H/b18-12+. The Bertz CT molecular complexity index is 1190. The first-order chi connectivity index (χ1) is 14.0. The van der Waals surface area contributed by atoms with E-state index in [9.17, 15) is 19.3 Å². The van der Waals surface area contributed by atoms with Crippen molar-refractivity contribution < 1.29 is 14.1 Å². The molecule has 3 aromatic rings. The molecule has 0 atom stereocenters. The molecule has 1 aliphatic heterocycles. The Balaban J connectivity index is 1.70. The largest absolute Gasteiger partial charge is 0.317 e. The van der Waals surface area contributed by atoms with Crippen LogP contribution in [0.5, 0.6) is 0 Å². The van der Waals surface area contributed by atoms with E-state index in [2.05, 4.69) is 0 Å². The molecule has 9 heteroatoms. The highest BCUT2D eigenvalue weighted by molar-refractivity contribution is 8.27. The second-order valence-corrected chi connectivity index (χ2v) is 7.72. The molecule has 4 rings (SSSR count). The van der Waals surface area contributed by atoms with Crippen molar-refractivity contribution >= 4 is 51.7 Å². The number of aromatic nitrogens is 1. The Morgan fingerprint density at radius 2 is 1.90 bits per heavy atom. The fraction of sp³-hybridized carbons (Fsp3) is 0. The molecular formula is C20H12FN3O3S2. The zero-order valence-electron chi connectivity index (χ0n) is 14.7. The molecule has 0 bridgehead atoms. The average molecular weight is 425 g/mol. The predicted molar refractivity (Wildman–Crippen MR) is 114 cm³/mol. The van der Waals surface area contributed by atoms with Gasteiger partial charge in [0.25, 0.3) is 11.6 Å². The highest BCUT2D eigenvalue weighted by atomic mass is 32.2. The number of para-hydroxylation sites is 1.